The number of hydrogen-bond donors (Lipinski definition) is 1. The molecule has 0 aliphatic carbocycles. The zero-order chi connectivity index (χ0) is 22.2. The van der Waals surface area contributed by atoms with Gasteiger partial charge in [-0.15, -0.1) is 0 Å². The quantitative estimate of drug-likeness (QED) is 0.649. The van der Waals surface area contributed by atoms with Crippen molar-refractivity contribution >= 4 is 22.7 Å². The van der Waals surface area contributed by atoms with Crippen molar-refractivity contribution in [3.63, 3.8) is 0 Å². The predicted octanol–water partition coefficient (Wildman–Crippen LogP) is 2.90. The molecule has 2 aromatic carbocycles. The van der Waals surface area contributed by atoms with E-state index in [2.05, 4.69) is 11.1 Å². The molecule has 0 saturated carbocycles. The summed E-state index contributed by atoms with van der Waals surface area (Å²) < 4.78 is 11.1. The van der Waals surface area contributed by atoms with Gasteiger partial charge in [0.25, 0.3) is 0 Å². The highest BCUT2D eigenvalue weighted by Crippen LogP contribution is 2.44. The summed E-state index contributed by atoms with van der Waals surface area (Å²) in [4.78, 5) is 33.9. The number of piperazine rings is 1. The Balaban J connectivity index is 1.68. The highest BCUT2D eigenvalue weighted by Gasteiger charge is 2.48. The first-order valence-electron chi connectivity index (χ1n) is 11.0. The van der Waals surface area contributed by atoms with Crippen molar-refractivity contribution in [3.05, 3.63) is 65.4 Å². The van der Waals surface area contributed by atoms with Gasteiger partial charge in [-0.2, -0.15) is 0 Å². The second-order valence-corrected chi connectivity index (χ2v) is 8.21. The summed E-state index contributed by atoms with van der Waals surface area (Å²) in [7, 11) is 1.60. The van der Waals surface area contributed by atoms with Crippen LogP contribution in [0.15, 0.2) is 48.5 Å². The summed E-state index contributed by atoms with van der Waals surface area (Å²) in [5.74, 6) is 0.634. The van der Waals surface area contributed by atoms with Crippen LogP contribution >= 0.6 is 0 Å². The molecule has 7 heteroatoms. The van der Waals surface area contributed by atoms with Crippen LogP contribution in [0.25, 0.3) is 10.9 Å². The molecular weight excluding hydrogens is 406 g/mol. The maximum atomic E-state index is 13.5. The van der Waals surface area contributed by atoms with Crippen LogP contribution in [-0.4, -0.2) is 66.1 Å². The van der Waals surface area contributed by atoms with E-state index >= 15 is 0 Å². The number of nitrogens with one attached hydrogen (secondary N) is 1. The number of amides is 2. The molecule has 7 nitrogen and oxygen atoms in total. The second-order valence-electron chi connectivity index (χ2n) is 8.21. The molecule has 3 heterocycles. The molecule has 2 amide bonds. The third-order valence-electron chi connectivity index (χ3n) is 6.42. The Kier molecular flexibility index (Phi) is 5.35. The largest absolute Gasteiger partial charge is 0.494 e. The Labute approximate surface area is 186 Å². The van der Waals surface area contributed by atoms with Crippen molar-refractivity contribution in [3.8, 4) is 5.75 Å². The minimum absolute atomic E-state index is 0.0310. The Hall–Kier alpha value is -3.32. The summed E-state index contributed by atoms with van der Waals surface area (Å²) in [5, 5.41) is 1.09. The Morgan fingerprint density at radius 3 is 2.69 bits per heavy atom. The van der Waals surface area contributed by atoms with Gasteiger partial charge in [-0.25, -0.2) is 0 Å². The molecule has 3 aromatic rings. The molecule has 2 aliphatic heterocycles. The molecule has 1 aromatic heterocycles. The van der Waals surface area contributed by atoms with Crippen molar-refractivity contribution in [2.45, 2.75) is 25.4 Å². The van der Waals surface area contributed by atoms with Crippen LogP contribution in [0.4, 0.5) is 0 Å². The number of aromatic nitrogens is 1. The molecule has 0 radical (unpaired) electrons. The van der Waals surface area contributed by atoms with E-state index in [4.69, 9.17) is 9.47 Å². The number of carbonyl (C=O) groups excluding carboxylic acids is 2. The molecule has 2 atom stereocenters. The lowest BCUT2D eigenvalue weighted by atomic mass is 9.86. The van der Waals surface area contributed by atoms with Gasteiger partial charge in [-0.3, -0.25) is 9.59 Å². The fourth-order valence-electron chi connectivity index (χ4n) is 5.03. The van der Waals surface area contributed by atoms with Gasteiger partial charge >= 0.3 is 0 Å². The maximum Gasteiger partial charge on any atom is 0.246 e. The number of methoxy groups -OCH3 is 1. The van der Waals surface area contributed by atoms with Crippen LogP contribution in [0, 0.1) is 0 Å². The molecule has 1 fully saturated rings. The van der Waals surface area contributed by atoms with Crippen LogP contribution in [-0.2, 0) is 20.7 Å². The summed E-state index contributed by atoms with van der Waals surface area (Å²) in [6, 6.07) is 14.9. The number of fused-ring (bicyclic) bond motifs is 4. The lowest BCUT2D eigenvalue weighted by molar-refractivity contribution is -0.159. The monoisotopic (exact) mass is 433 g/mol. The number of nitrogens with zero attached hydrogens (tertiary/aromatic N) is 2. The van der Waals surface area contributed by atoms with E-state index in [1.807, 2.05) is 49.4 Å². The van der Waals surface area contributed by atoms with Gasteiger partial charge in [0, 0.05) is 42.2 Å². The molecular formula is C25H27N3O4. The SMILES string of the molecule is CCOc1ccccc1[C@H]1c2[nH]c3ccccc3c2C[C@H]2C(=O)N(CCOC)CC(=O)N12. The first-order chi connectivity index (χ1) is 15.6. The number of H-pyrrole nitrogens is 1. The van der Waals surface area contributed by atoms with Gasteiger partial charge in [-0.05, 0) is 24.6 Å². The zero-order valence-corrected chi connectivity index (χ0v) is 18.3. The van der Waals surface area contributed by atoms with Crippen molar-refractivity contribution in [2.75, 3.05) is 33.4 Å². The van der Waals surface area contributed by atoms with Crippen molar-refractivity contribution in [1.29, 1.82) is 0 Å². The molecule has 0 unspecified atom stereocenters. The Morgan fingerprint density at radius 1 is 1.09 bits per heavy atom. The zero-order valence-electron chi connectivity index (χ0n) is 18.3. The second kappa shape index (κ2) is 8.31. The van der Waals surface area contributed by atoms with E-state index in [1.165, 1.54) is 0 Å². The van der Waals surface area contributed by atoms with Gasteiger partial charge in [0.15, 0.2) is 0 Å². The van der Waals surface area contributed by atoms with Crippen molar-refractivity contribution < 1.29 is 19.1 Å². The number of hydrogen-bond acceptors (Lipinski definition) is 4. The van der Waals surface area contributed by atoms with E-state index in [1.54, 1.807) is 16.9 Å². The van der Waals surface area contributed by atoms with Crippen LogP contribution < -0.4 is 4.74 Å². The van der Waals surface area contributed by atoms with Crippen LogP contribution in [0.5, 0.6) is 5.75 Å². The van der Waals surface area contributed by atoms with E-state index in [9.17, 15) is 9.59 Å². The van der Waals surface area contributed by atoms with Crippen LogP contribution in [0.3, 0.4) is 0 Å². The van der Waals surface area contributed by atoms with E-state index in [-0.39, 0.29) is 18.4 Å². The fourth-order valence-corrected chi connectivity index (χ4v) is 5.03. The minimum Gasteiger partial charge on any atom is -0.494 e. The highest BCUT2D eigenvalue weighted by atomic mass is 16.5. The lowest BCUT2D eigenvalue weighted by Crippen LogP contribution is -2.63. The number of rotatable bonds is 6. The third kappa shape index (κ3) is 3.24. The molecule has 166 valence electrons. The van der Waals surface area contributed by atoms with E-state index < -0.39 is 12.1 Å². The number of para-hydroxylation sites is 2. The maximum absolute atomic E-state index is 13.5. The van der Waals surface area contributed by atoms with Gasteiger partial charge in [0.1, 0.15) is 17.8 Å². The average molecular weight is 434 g/mol. The number of benzene rings is 2. The summed E-state index contributed by atoms with van der Waals surface area (Å²) in [6.45, 7) is 3.33. The predicted molar refractivity (Wildman–Crippen MR) is 121 cm³/mol. The number of ether oxygens (including phenoxy) is 2. The van der Waals surface area contributed by atoms with Crippen molar-refractivity contribution in [1.82, 2.24) is 14.8 Å². The summed E-state index contributed by atoms with van der Waals surface area (Å²) in [6.07, 6.45) is 0.487. The Bertz CT molecular complexity index is 1170. The van der Waals surface area contributed by atoms with Crippen LogP contribution in [0.2, 0.25) is 0 Å². The number of aromatic amines is 1. The Morgan fingerprint density at radius 2 is 1.88 bits per heavy atom. The highest BCUT2D eigenvalue weighted by molar-refractivity contribution is 5.97. The lowest BCUT2D eigenvalue weighted by Gasteiger charge is -2.47. The van der Waals surface area contributed by atoms with Crippen molar-refractivity contribution in [2.24, 2.45) is 0 Å². The molecule has 32 heavy (non-hydrogen) atoms. The fraction of sp³-hybridized carbons (Fsp3) is 0.360. The first-order valence-corrected chi connectivity index (χ1v) is 11.0. The van der Waals surface area contributed by atoms with Gasteiger partial charge < -0.3 is 24.3 Å². The summed E-state index contributed by atoms with van der Waals surface area (Å²) >= 11 is 0. The van der Waals surface area contributed by atoms with E-state index in [0.29, 0.717) is 26.2 Å². The molecule has 2 aliphatic rings. The first kappa shape index (κ1) is 20.6. The molecule has 0 bridgehead atoms. The molecule has 5 rings (SSSR count). The van der Waals surface area contributed by atoms with Gasteiger partial charge in [0.2, 0.25) is 11.8 Å². The smallest absolute Gasteiger partial charge is 0.246 e. The standard InChI is InChI=1S/C25H27N3O4/c1-3-32-21-11-7-5-9-17(21)24-23-18(16-8-4-6-10-19(16)26-23)14-20-25(30)27(12-13-31-2)15-22(29)28(20)24/h4-11,20,24,26H,3,12-15H2,1-2H3/t20-,24-/m0/s1. The van der Waals surface area contributed by atoms with Gasteiger partial charge in [0.05, 0.1) is 19.8 Å². The van der Waals surface area contributed by atoms with E-state index in [0.717, 1.165) is 33.5 Å². The molecule has 0 spiro atoms. The average Bonchev–Trinajstić information content (AvgIpc) is 3.18. The van der Waals surface area contributed by atoms with Crippen LogP contribution in [0.1, 0.15) is 29.8 Å². The topological polar surface area (TPSA) is 74.9 Å². The molecule has 1 saturated heterocycles. The normalized spacial score (nSPS) is 20.4. The van der Waals surface area contributed by atoms with Gasteiger partial charge in [-0.1, -0.05) is 36.4 Å². The minimum atomic E-state index is -0.556. The summed E-state index contributed by atoms with van der Waals surface area (Å²) in [5.41, 5.74) is 3.94. The number of carbonyl (C=O) groups is 2. The molecule has 1 N–H and O–H groups in total. The third-order valence-corrected chi connectivity index (χ3v) is 6.42.